The maximum atomic E-state index is 4.86. The molecule has 0 unspecified atom stereocenters. The molecule has 4 aromatic rings. The number of rotatable bonds is 4. The third kappa shape index (κ3) is 3.59. The maximum absolute atomic E-state index is 4.86. The average Bonchev–Trinajstić information content (AvgIpc) is 3.29. The van der Waals surface area contributed by atoms with Gasteiger partial charge >= 0.3 is 0 Å². The molecule has 4 nitrogen and oxygen atoms in total. The maximum Gasteiger partial charge on any atom is 0.159 e. The molecule has 0 atom stereocenters. The molecular formula is C23H20N4S. The summed E-state index contributed by atoms with van der Waals surface area (Å²) < 4.78 is 0. The zero-order valence-corrected chi connectivity index (χ0v) is 16.3. The molecule has 0 saturated carbocycles. The van der Waals surface area contributed by atoms with Gasteiger partial charge in [-0.15, -0.1) is 11.3 Å². The van der Waals surface area contributed by atoms with Crippen molar-refractivity contribution < 1.29 is 0 Å². The van der Waals surface area contributed by atoms with Crippen LogP contribution in [0.4, 0.5) is 0 Å². The van der Waals surface area contributed by atoms with Crippen LogP contribution in [0.5, 0.6) is 0 Å². The van der Waals surface area contributed by atoms with E-state index < -0.39 is 0 Å². The van der Waals surface area contributed by atoms with E-state index in [1.807, 2.05) is 24.4 Å². The minimum Gasteiger partial charge on any atom is -0.293 e. The number of hydrogen-bond donors (Lipinski definition) is 0. The molecule has 1 aromatic carbocycles. The average molecular weight is 385 g/mol. The van der Waals surface area contributed by atoms with Crippen molar-refractivity contribution in [3.05, 3.63) is 89.2 Å². The van der Waals surface area contributed by atoms with E-state index in [2.05, 4.69) is 57.7 Å². The van der Waals surface area contributed by atoms with E-state index in [4.69, 9.17) is 9.97 Å². The first-order chi connectivity index (χ1) is 13.8. The van der Waals surface area contributed by atoms with Gasteiger partial charge in [-0.05, 0) is 23.6 Å². The molecule has 28 heavy (non-hydrogen) atoms. The van der Waals surface area contributed by atoms with Crippen molar-refractivity contribution in [2.75, 3.05) is 6.54 Å². The first-order valence-electron chi connectivity index (χ1n) is 9.47. The van der Waals surface area contributed by atoms with Crippen LogP contribution in [0.3, 0.4) is 0 Å². The molecule has 0 aliphatic carbocycles. The summed E-state index contributed by atoms with van der Waals surface area (Å²) in [5, 5.41) is 2.09. The predicted octanol–water partition coefficient (Wildman–Crippen LogP) is 4.83. The Bertz CT molecular complexity index is 1080. The Balaban J connectivity index is 1.32. The van der Waals surface area contributed by atoms with Crippen molar-refractivity contribution in [3.8, 4) is 22.0 Å². The summed E-state index contributed by atoms with van der Waals surface area (Å²) >= 11 is 1.73. The van der Waals surface area contributed by atoms with Crippen molar-refractivity contribution in [1.29, 1.82) is 0 Å². The zero-order valence-electron chi connectivity index (χ0n) is 15.5. The standard InChI is InChI=1S/C23H20N4S/c1-2-6-17(7-3-1)23-24-14-18-15-27(12-11-20(18)26-23)16-19-8-4-9-21(25-19)22-10-5-13-28-22/h1-10,13-14H,11-12,15-16H2. The lowest BCUT2D eigenvalue weighted by molar-refractivity contribution is 0.240. The van der Waals surface area contributed by atoms with Crippen LogP contribution in [-0.2, 0) is 19.5 Å². The Morgan fingerprint density at radius 3 is 2.71 bits per heavy atom. The van der Waals surface area contributed by atoms with Crippen LogP contribution in [0, 0.1) is 0 Å². The highest BCUT2D eigenvalue weighted by Crippen LogP contribution is 2.24. The van der Waals surface area contributed by atoms with E-state index in [0.29, 0.717) is 0 Å². The Labute approximate surface area is 168 Å². The molecule has 0 amide bonds. The first kappa shape index (κ1) is 17.2. The lowest BCUT2D eigenvalue weighted by atomic mass is 10.1. The molecule has 0 radical (unpaired) electrons. The van der Waals surface area contributed by atoms with Crippen LogP contribution < -0.4 is 0 Å². The summed E-state index contributed by atoms with van der Waals surface area (Å²) in [5.41, 5.74) is 5.63. The van der Waals surface area contributed by atoms with E-state index in [-0.39, 0.29) is 0 Å². The Kier molecular flexibility index (Phi) is 4.69. The second-order valence-electron chi connectivity index (χ2n) is 6.98. The van der Waals surface area contributed by atoms with Gasteiger partial charge in [0.05, 0.1) is 22.0 Å². The van der Waals surface area contributed by atoms with Crippen molar-refractivity contribution in [1.82, 2.24) is 19.9 Å². The summed E-state index contributed by atoms with van der Waals surface area (Å²) in [7, 11) is 0. The molecule has 0 bridgehead atoms. The number of thiophene rings is 1. The summed E-state index contributed by atoms with van der Waals surface area (Å²) in [6.07, 6.45) is 2.94. The van der Waals surface area contributed by atoms with Gasteiger partial charge in [0.25, 0.3) is 0 Å². The minimum atomic E-state index is 0.818. The Morgan fingerprint density at radius 1 is 0.929 bits per heavy atom. The van der Waals surface area contributed by atoms with Crippen molar-refractivity contribution >= 4 is 11.3 Å². The van der Waals surface area contributed by atoms with Gasteiger partial charge in [-0.2, -0.15) is 0 Å². The SMILES string of the molecule is c1ccc(-c2ncc3c(n2)CCN(Cc2cccc(-c4cccs4)n2)C3)cc1. The molecule has 0 fully saturated rings. The normalized spacial score (nSPS) is 14.0. The monoisotopic (exact) mass is 384 g/mol. The number of aromatic nitrogens is 3. The van der Waals surface area contributed by atoms with Crippen LogP contribution in [0.25, 0.3) is 22.0 Å². The number of hydrogen-bond acceptors (Lipinski definition) is 5. The number of pyridine rings is 1. The minimum absolute atomic E-state index is 0.818. The summed E-state index contributed by atoms with van der Waals surface area (Å²) in [5.74, 6) is 0.818. The van der Waals surface area contributed by atoms with Gasteiger partial charge in [0.2, 0.25) is 0 Å². The van der Waals surface area contributed by atoms with E-state index in [9.17, 15) is 0 Å². The van der Waals surface area contributed by atoms with Gasteiger partial charge in [-0.25, -0.2) is 9.97 Å². The van der Waals surface area contributed by atoms with Gasteiger partial charge in [-0.1, -0.05) is 42.5 Å². The van der Waals surface area contributed by atoms with Gasteiger partial charge in [-0.3, -0.25) is 9.88 Å². The smallest absolute Gasteiger partial charge is 0.159 e. The molecule has 5 rings (SSSR count). The van der Waals surface area contributed by atoms with Crippen LogP contribution in [0.15, 0.2) is 72.2 Å². The number of fused-ring (bicyclic) bond motifs is 1. The molecule has 4 heterocycles. The Morgan fingerprint density at radius 2 is 1.86 bits per heavy atom. The highest BCUT2D eigenvalue weighted by atomic mass is 32.1. The molecule has 138 valence electrons. The quantitative estimate of drug-likeness (QED) is 0.506. The van der Waals surface area contributed by atoms with Gasteiger partial charge in [0, 0.05) is 43.4 Å². The van der Waals surface area contributed by atoms with Gasteiger partial charge in [0.1, 0.15) is 0 Å². The van der Waals surface area contributed by atoms with Crippen molar-refractivity contribution in [3.63, 3.8) is 0 Å². The molecule has 3 aromatic heterocycles. The number of nitrogens with zero attached hydrogens (tertiary/aromatic N) is 4. The van der Waals surface area contributed by atoms with Crippen LogP contribution in [-0.4, -0.2) is 26.4 Å². The largest absolute Gasteiger partial charge is 0.293 e. The molecule has 0 saturated heterocycles. The molecule has 5 heteroatoms. The second-order valence-corrected chi connectivity index (χ2v) is 7.93. The fraction of sp³-hybridized carbons (Fsp3) is 0.174. The molecule has 0 spiro atoms. The molecule has 1 aliphatic heterocycles. The highest BCUT2D eigenvalue weighted by Gasteiger charge is 2.19. The summed E-state index contributed by atoms with van der Waals surface area (Å²) in [6, 6.07) is 20.7. The second kappa shape index (κ2) is 7.62. The predicted molar refractivity (Wildman–Crippen MR) is 113 cm³/mol. The fourth-order valence-corrected chi connectivity index (χ4v) is 4.29. The van der Waals surface area contributed by atoms with Crippen LogP contribution in [0.1, 0.15) is 17.0 Å². The number of benzene rings is 1. The third-order valence-corrected chi connectivity index (χ3v) is 5.90. The van der Waals surface area contributed by atoms with Crippen molar-refractivity contribution in [2.45, 2.75) is 19.5 Å². The highest BCUT2D eigenvalue weighted by molar-refractivity contribution is 7.13. The van der Waals surface area contributed by atoms with Gasteiger partial charge in [0.15, 0.2) is 5.82 Å². The lowest BCUT2D eigenvalue weighted by Crippen LogP contribution is -2.31. The van der Waals surface area contributed by atoms with E-state index in [1.54, 1.807) is 11.3 Å². The van der Waals surface area contributed by atoms with Crippen molar-refractivity contribution in [2.24, 2.45) is 0 Å². The zero-order chi connectivity index (χ0) is 18.8. The molecule has 1 aliphatic rings. The molecule has 0 N–H and O–H groups in total. The first-order valence-corrected chi connectivity index (χ1v) is 10.4. The Hall–Kier alpha value is -2.89. The van der Waals surface area contributed by atoms with E-state index in [1.165, 1.54) is 16.1 Å². The van der Waals surface area contributed by atoms with Gasteiger partial charge < -0.3 is 0 Å². The van der Waals surface area contributed by atoms with E-state index >= 15 is 0 Å². The van der Waals surface area contributed by atoms with Crippen LogP contribution in [0.2, 0.25) is 0 Å². The van der Waals surface area contributed by atoms with E-state index in [0.717, 1.165) is 48.8 Å². The lowest BCUT2D eigenvalue weighted by Gasteiger charge is -2.27. The van der Waals surface area contributed by atoms with Crippen LogP contribution >= 0.6 is 11.3 Å². The third-order valence-electron chi connectivity index (χ3n) is 5.01. The molecular weight excluding hydrogens is 364 g/mol. The fourth-order valence-electron chi connectivity index (χ4n) is 3.59. The topological polar surface area (TPSA) is 41.9 Å². The summed E-state index contributed by atoms with van der Waals surface area (Å²) in [4.78, 5) is 17.9. The summed E-state index contributed by atoms with van der Waals surface area (Å²) in [6.45, 7) is 2.71.